The lowest BCUT2D eigenvalue weighted by Gasteiger charge is -2.16. The Morgan fingerprint density at radius 2 is 2.00 bits per heavy atom. The molecule has 2 amide bonds. The van der Waals surface area contributed by atoms with Crippen LogP contribution < -0.4 is 14.8 Å². The van der Waals surface area contributed by atoms with Crippen LogP contribution in [0.5, 0.6) is 5.75 Å². The second-order valence-corrected chi connectivity index (χ2v) is 8.70. The number of ether oxygens (including phenoxy) is 2. The maximum Gasteiger partial charge on any atom is 0.409 e. The zero-order valence-electron chi connectivity index (χ0n) is 18.0. The van der Waals surface area contributed by atoms with Crippen molar-refractivity contribution in [3.8, 4) is 5.75 Å². The summed E-state index contributed by atoms with van der Waals surface area (Å²) in [5, 5.41) is 2.39. The fourth-order valence-corrected chi connectivity index (χ4v) is 4.99. The van der Waals surface area contributed by atoms with Crippen LogP contribution in [0, 0.1) is 23.4 Å². The third-order valence-corrected chi connectivity index (χ3v) is 6.51. The molecule has 178 valence electrons. The van der Waals surface area contributed by atoms with E-state index in [2.05, 4.69) is 10.0 Å². The molecule has 0 aliphatic carbocycles. The van der Waals surface area contributed by atoms with Gasteiger partial charge in [0.2, 0.25) is 0 Å². The Labute approximate surface area is 192 Å². The van der Waals surface area contributed by atoms with Gasteiger partial charge >= 0.3 is 6.09 Å². The predicted molar refractivity (Wildman–Crippen MR) is 115 cm³/mol. The Kier molecular flexibility index (Phi) is 6.75. The van der Waals surface area contributed by atoms with Crippen molar-refractivity contribution in [1.82, 2.24) is 14.2 Å². The molecule has 1 aromatic carbocycles. The molecule has 2 aliphatic rings. The molecular formula is C21H23F3N4O4S. The highest BCUT2D eigenvalue weighted by Crippen LogP contribution is 2.37. The number of aryl methyl sites for hydroxylation is 1. The number of fused-ring (bicyclic) bond motifs is 2. The topological polar surface area (TPSA) is 84.8 Å². The number of carbonyl (C=O) groups is 2. The highest BCUT2D eigenvalue weighted by Gasteiger charge is 2.37. The maximum atomic E-state index is 13.5. The molecule has 0 radical (unpaired) electrons. The van der Waals surface area contributed by atoms with Crippen LogP contribution in [0.3, 0.4) is 0 Å². The van der Waals surface area contributed by atoms with Crippen molar-refractivity contribution >= 4 is 29.6 Å². The lowest BCUT2D eigenvalue weighted by Crippen LogP contribution is -2.34. The predicted octanol–water partition coefficient (Wildman–Crippen LogP) is 3.53. The first kappa shape index (κ1) is 23.3. The number of carbonyl (C=O) groups excluding carboxylic acids is 2. The molecule has 2 atom stereocenters. The molecule has 1 fully saturated rings. The zero-order valence-corrected chi connectivity index (χ0v) is 18.8. The van der Waals surface area contributed by atoms with Crippen molar-refractivity contribution in [3.05, 3.63) is 41.5 Å². The number of benzene rings is 1. The molecule has 0 spiro atoms. The van der Waals surface area contributed by atoms with Crippen LogP contribution in [0.25, 0.3) is 0 Å². The molecule has 3 heterocycles. The number of hydrogen-bond donors (Lipinski definition) is 2. The zero-order chi connectivity index (χ0) is 23.7. The molecule has 4 rings (SSSR count). The fraction of sp³-hybridized carbons (Fsp3) is 0.429. The molecule has 0 saturated carbocycles. The van der Waals surface area contributed by atoms with Gasteiger partial charge in [0.05, 0.1) is 18.1 Å². The second-order valence-electron chi connectivity index (χ2n) is 7.82. The van der Waals surface area contributed by atoms with Crippen molar-refractivity contribution < 1.29 is 32.2 Å². The van der Waals surface area contributed by atoms with Gasteiger partial charge in [-0.1, -0.05) is 0 Å². The molecule has 1 saturated heterocycles. The van der Waals surface area contributed by atoms with Crippen LogP contribution in [0.1, 0.15) is 23.8 Å². The van der Waals surface area contributed by atoms with Crippen molar-refractivity contribution in [2.45, 2.75) is 24.3 Å². The Morgan fingerprint density at radius 3 is 2.70 bits per heavy atom. The van der Waals surface area contributed by atoms with E-state index in [-0.39, 0.29) is 29.4 Å². The summed E-state index contributed by atoms with van der Waals surface area (Å²) in [5.74, 6) is -4.59. The number of rotatable bonds is 3. The first-order valence-electron chi connectivity index (χ1n) is 10.4. The molecule has 2 aliphatic heterocycles. The van der Waals surface area contributed by atoms with E-state index < -0.39 is 23.4 Å². The Hall–Kier alpha value is -2.86. The van der Waals surface area contributed by atoms with E-state index in [9.17, 15) is 22.8 Å². The molecule has 33 heavy (non-hydrogen) atoms. The van der Waals surface area contributed by atoms with Gasteiger partial charge in [-0.05, 0) is 31.2 Å². The van der Waals surface area contributed by atoms with E-state index in [0.29, 0.717) is 55.5 Å². The molecule has 2 aromatic rings. The number of nitrogens with zero attached hydrogens (tertiary/aromatic N) is 2. The largest absolute Gasteiger partial charge is 0.490 e. The average molecular weight is 485 g/mol. The number of amides is 2. The standard InChI is InChI=1S/C21H23F3N4O4S/c1-3-31-21(30)28-8-11-4-5-32-19-16(33-26-15(11)9-28)10-27(2)18(19)20(29)25-12-6-13(22)17(24)14(23)7-12/h6-7,10-11,15,26H,3-5,8-9H2,1-2H3,(H,25,29). The average Bonchev–Trinajstić information content (AvgIpc) is 3.31. The van der Waals surface area contributed by atoms with Gasteiger partial charge in [-0.2, -0.15) is 0 Å². The summed E-state index contributed by atoms with van der Waals surface area (Å²) >= 11 is 1.28. The van der Waals surface area contributed by atoms with E-state index in [1.165, 1.54) is 11.9 Å². The molecule has 8 nitrogen and oxygen atoms in total. The lowest BCUT2D eigenvalue weighted by molar-refractivity contribution is 0.101. The van der Waals surface area contributed by atoms with Crippen molar-refractivity contribution in [2.24, 2.45) is 13.0 Å². The summed E-state index contributed by atoms with van der Waals surface area (Å²) in [7, 11) is 1.64. The van der Waals surface area contributed by atoms with Crippen LogP contribution >= 0.6 is 11.9 Å². The third kappa shape index (κ3) is 4.76. The second kappa shape index (κ2) is 9.56. The maximum absolute atomic E-state index is 13.5. The minimum Gasteiger partial charge on any atom is -0.490 e. The number of hydrogen-bond acceptors (Lipinski definition) is 6. The quantitative estimate of drug-likeness (QED) is 0.512. The van der Waals surface area contributed by atoms with Gasteiger partial charge in [0, 0.05) is 50.2 Å². The van der Waals surface area contributed by atoms with Crippen LogP contribution in [0.4, 0.5) is 23.7 Å². The molecule has 12 heteroatoms. The van der Waals surface area contributed by atoms with E-state index in [0.717, 1.165) is 0 Å². The molecule has 2 N–H and O–H groups in total. The minimum absolute atomic E-state index is 0.0107. The summed E-state index contributed by atoms with van der Waals surface area (Å²) in [6.07, 6.45) is 1.99. The van der Waals surface area contributed by atoms with E-state index in [4.69, 9.17) is 9.47 Å². The van der Waals surface area contributed by atoms with Crippen LogP contribution in [0.2, 0.25) is 0 Å². The number of anilines is 1. The first-order valence-corrected chi connectivity index (χ1v) is 11.2. The number of halogens is 3. The molecule has 1 aromatic heterocycles. The summed E-state index contributed by atoms with van der Waals surface area (Å²) in [6.45, 7) is 3.40. The SMILES string of the molecule is CCOC(=O)N1CC2CCOc3c(cn(C)c3C(=O)Nc3cc(F)c(F)c(F)c3)SNC2C1. The van der Waals surface area contributed by atoms with Crippen molar-refractivity contribution in [3.63, 3.8) is 0 Å². The fourth-order valence-electron chi connectivity index (χ4n) is 3.98. The number of likely N-dealkylation sites (tertiary alicyclic amines) is 1. The Morgan fingerprint density at radius 1 is 1.27 bits per heavy atom. The number of nitrogens with one attached hydrogen (secondary N) is 2. The molecule has 2 unspecified atom stereocenters. The monoisotopic (exact) mass is 484 g/mol. The van der Waals surface area contributed by atoms with E-state index in [1.807, 2.05) is 0 Å². The highest BCUT2D eigenvalue weighted by molar-refractivity contribution is 7.97. The Bertz CT molecular complexity index is 1060. The smallest absolute Gasteiger partial charge is 0.409 e. The first-order chi connectivity index (χ1) is 15.8. The minimum atomic E-state index is -1.61. The highest BCUT2D eigenvalue weighted by atomic mass is 32.2. The van der Waals surface area contributed by atoms with Crippen LogP contribution in [-0.2, 0) is 11.8 Å². The van der Waals surface area contributed by atoms with Crippen LogP contribution in [0.15, 0.2) is 23.2 Å². The summed E-state index contributed by atoms with van der Waals surface area (Å²) in [5.41, 5.74) is -0.0570. The number of aromatic nitrogens is 1. The summed E-state index contributed by atoms with van der Waals surface area (Å²) in [6, 6.07) is 1.43. The van der Waals surface area contributed by atoms with Gasteiger partial charge in [0.25, 0.3) is 5.91 Å². The Balaban J connectivity index is 1.51. The van der Waals surface area contributed by atoms with Crippen molar-refractivity contribution in [1.29, 1.82) is 0 Å². The van der Waals surface area contributed by atoms with Gasteiger partial charge in [-0.25, -0.2) is 18.0 Å². The van der Waals surface area contributed by atoms with Gasteiger partial charge in [0.1, 0.15) is 0 Å². The van der Waals surface area contributed by atoms with Gasteiger partial charge < -0.3 is 24.3 Å². The third-order valence-electron chi connectivity index (χ3n) is 5.58. The van der Waals surface area contributed by atoms with Gasteiger partial charge in [0.15, 0.2) is 28.9 Å². The molecule has 0 bridgehead atoms. The van der Waals surface area contributed by atoms with Gasteiger partial charge in [-0.15, -0.1) is 0 Å². The summed E-state index contributed by atoms with van der Waals surface area (Å²) < 4.78 is 56.2. The van der Waals surface area contributed by atoms with E-state index in [1.54, 1.807) is 29.6 Å². The van der Waals surface area contributed by atoms with Crippen LogP contribution in [-0.4, -0.2) is 53.8 Å². The normalized spacial score (nSPS) is 20.1. The lowest BCUT2D eigenvalue weighted by atomic mass is 10.0. The van der Waals surface area contributed by atoms with E-state index >= 15 is 0 Å². The molecular weight excluding hydrogens is 461 g/mol. The van der Waals surface area contributed by atoms with Crippen molar-refractivity contribution in [2.75, 3.05) is 31.6 Å². The van der Waals surface area contributed by atoms with Gasteiger partial charge in [-0.3, -0.25) is 9.52 Å². The summed E-state index contributed by atoms with van der Waals surface area (Å²) in [4.78, 5) is 27.3.